The number of aryl methyl sites for hydroxylation is 1. The molecule has 1 aliphatic rings. The number of hydrogen-bond acceptors (Lipinski definition) is 7. The monoisotopic (exact) mass is 381 g/mol. The summed E-state index contributed by atoms with van der Waals surface area (Å²) in [5, 5.41) is 12.5. The molecule has 0 amide bonds. The highest BCUT2D eigenvalue weighted by Gasteiger charge is 2.27. The van der Waals surface area contributed by atoms with Gasteiger partial charge in [0.15, 0.2) is 10.9 Å². The van der Waals surface area contributed by atoms with Crippen molar-refractivity contribution in [2.75, 3.05) is 16.8 Å². The standard InChI is InChI=1S/C19H19N5O2S/c1-12-4-6-13(7-5-12)14-3-2-8-24(14)17-11-20-10-16(22-17)23-19-21-9-15(27-19)18(25)26/h4-7,9-11,14H,2-3,8H2,1H3,(H,25,26)(H,21,22,23). The second kappa shape index (κ2) is 7.32. The quantitative estimate of drug-likeness (QED) is 0.689. The second-order valence-electron chi connectivity index (χ2n) is 6.48. The summed E-state index contributed by atoms with van der Waals surface area (Å²) in [6.45, 7) is 3.02. The summed E-state index contributed by atoms with van der Waals surface area (Å²) in [5.41, 5.74) is 2.53. The van der Waals surface area contributed by atoms with Crippen LogP contribution in [0.3, 0.4) is 0 Å². The Morgan fingerprint density at radius 1 is 1.26 bits per heavy atom. The first kappa shape index (κ1) is 17.4. The number of benzene rings is 1. The number of aromatic nitrogens is 3. The molecule has 1 unspecified atom stereocenters. The molecule has 8 heteroatoms. The van der Waals surface area contributed by atoms with E-state index in [2.05, 4.69) is 56.4 Å². The SMILES string of the molecule is Cc1ccc(C2CCCN2c2cncc(Nc3ncc(C(=O)O)s3)n2)cc1. The number of thiazole rings is 1. The van der Waals surface area contributed by atoms with Gasteiger partial charge in [-0.25, -0.2) is 14.8 Å². The van der Waals surface area contributed by atoms with Gasteiger partial charge in [0, 0.05) is 6.54 Å². The van der Waals surface area contributed by atoms with E-state index in [0.717, 1.165) is 36.5 Å². The number of carboxylic acids is 1. The van der Waals surface area contributed by atoms with Crippen molar-refractivity contribution < 1.29 is 9.90 Å². The Kier molecular flexibility index (Phi) is 4.72. The minimum Gasteiger partial charge on any atom is -0.477 e. The lowest BCUT2D eigenvalue weighted by Gasteiger charge is -2.26. The molecule has 7 nitrogen and oxygen atoms in total. The zero-order valence-electron chi connectivity index (χ0n) is 14.8. The molecule has 3 heterocycles. The van der Waals surface area contributed by atoms with Crippen LogP contribution in [0.25, 0.3) is 0 Å². The molecule has 27 heavy (non-hydrogen) atoms. The second-order valence-corrected chi connectivity index (χ2v) is 7.52. The van der Waals surface area contributed by atoms with Gasteiger partial charge in [0.1, 0.15) is 10.7 Å². The molecule has 2 aromatic heterocycles. The van der Waals surface area contributed by atoms with Crippen LogP contribution in [0.5, 0.6) is 0 Å². The van der Waals surface area contributed by atoms with Crippen LogP contribution in [0.2, 0.25) is 0 Å². The molecular weight excluding hydrogens is 362 g/mol. The van der Waals surface area contributed by atoms with Gasteiger partial charge in [-0.05, 0) is 25.3 Å². The van der Waals surface area contributed by atoms with Crippen LogP contribution < -0.4 is 10.2 Å². The number of nitrogens with zero attached hydrogens (tertiary/aromatic N) is 4. The van der Waals surface area contributed by atoms with E-state index < -0.39 is 5.97 Å². The maximum atomic E-state index is 11.0. The van der Waals surface area contributed by atoms with Gasteiger partial charge >= 0.3 is 5.97 Å². The van der Waals surface area contributed by atoms with Crippen molar-refractivity contribution in [3.63, 3.8) is 0 Å². The Labute approximate surface area is 160 Å². The topological polar surface area (TPSA) is 91.2 Å². The van der Waals surface area contributed by atoms with Gasteiger partial charge < -0.3 is 15.3 Å². The number of carbonyl (C=O) groups is 1. The Balaban J connectivity index is 1.55. The highest BCUT2D eigenvalue weighted by atomic mass is 32.1. The van der Waals surface area contributed by atoms with Crippen molar-refractivity contribution in [2.45, 2.75) is 25.8 Å². The van der Waals surface area contributed by atoms with E-state index in [0.29, 0.717) is 10.9 Å². The number of nitrogens with one attached hydrogen (secondary N) is 1. The van der Waals surface area contributed by atoms with Crippen LogP contribution in [0.15, 0.2) is 42.9 Å². The lowest BCUT2D eigenvalue weighted by Crippen LogP contribution is -2.23. The van der Waals surface area contributed by atoms with Crippen molar-refractivity contribution >= 4 is 34.1 Å². The van der Waals surface area contributed by atoms with E-state index in [9.17, 15) is 4.79 Å². The fourth-order valence-electron chi connectivity index (χ4n) is 3.27. The maximum absolute atomic E-state index is 11.0. The molecule has 2 N–H and O–H groups in total. The lowest BCUT2D eigenvalue weighted by molar-refractivity contribution is 0.0702. The molecule has 4 rings (SSSR count). The van der Waals surface area contributed by atoms with Crippen LogP contribution >= 0.6 is 11.3 Å². The van der Waals surface area contributed by atoms with Crippen LogP contribution in [0.4, 0.5) is 16.8 Å². The highest BCUT2D eigenvalue weighted by Crippen LogP contribution is 2.35. The minimum atomic E-state index is -0.988. The van der Waals surface area contributed by atoms with Crippen LogP contribution in [-0.4, -0.2) is 32.6 Å². The molecule has 1 aromatic carbocycles. The Morgan fingerprint density at radius 2 is 2.07 bits per heavy atom. The average Bonchev–Trinajstić information content (AvgIpc) is 3.32. The maximum Gasteiger partial charge on any atom is 0.347 e. The summed E-state index contributed by atoms with van der Waals surface area (Å²) in [6, 6.07) is 8.91. The Morgan fingerprint density at radius 3 is 2.81 bits per heavy atom. The average molecular weight is 381 g/mol. The summed E-state index contributed by atoms with van der Waals surface area (Å²) in [7, 11) is 0. The van der Waals surface area contributed by atoms with E-state index in [1.165, 1.54) is 17.3 Å². The molecule has 0 spiro atoms. The summed E-state index contributed by atoms with van der Waals surface area (Å²) in [4.78, 5) is 26.5. The first-order chi connectivity index (χ1) is 13.1. The predicted molar refractivity (Wildman–Crippen MR) is 105 cm³/mol. The zero-order chi connectivity index (χ0) is 18.8. The first-order valence-electron chi connectivity index (χ1n) is 8.71. The molecular formula is C19H19N5O2S. The minimum absolute atomic E-state index is 0.181. The number of hydrogen-bond donors (Lipinski definition) is 2. The first-order valence-corrected chi connectivity index (χ1v) is 9.53. The number of carboxylic acid groups (broad SMARTS) is 1. The van der Waals surface area contributed by atoms with Crippen molar-refractivity contribution in [2.24, 2.45) is 0 Å². The lowest BCUT2D eigenvalue weighted by atomic mass is 10.0. The summed E-state index contributed by atoms with van der Waals surface area (Å²) in [6.07, 6.45) is 6.90. The third kappa shape index (κ3) is 3.75. The van der Waals surface area contributed by atoms with Gasteiger partial charge in [0.05, 0.1) is 24.6 Å². The van der Waals surface area contributed by atoms with Crippen LogP contribution in [-0.2, 0) is 0 Å². The van der Waals surface area contributed by atoms with E-state index in [1.807, 2.05) is 0 Å². The van der Waals surface area contributed by atoms with Gasteiger partial charge in [-0.15, -0.1) is 0 Å². The predicted octanol–water partition coefficient (Wildman–Crippen LogP) is 4.02. The zero-order valence-corrected chi connectivity index (χ0v) is 15.6. The number of anilines is 3. The summed E-state index contributed by atoms with van der Waals surface area (Å²) < 4.78 is 0. The van der Waals surface area contributed by atoms with Gasteiger partial charge in [-0.2, -0.15) is 0 Å². The van der Waals surface area contributed by atoms with Crippen LogP contribution in [0.1, 0.15) is 39.7 Å². The Hall–Kier alpha value is -3.00. The molecule has 3 aromatic rings. The molecule has 1 atom stereocenters. The fraction of sp³-hybridized carbons (Fsp3) is 0.263. The summed E-state index contributed by atoms with van der Waals surface area (Å²) >= 11 is 1.07. The molecule has 0 radical (unpaired) electrons. The molecule has 138 valence electrons. The van der Waals surface area contributed by atoms with Crippen molar-refractivity contribution in [3.05, 3.63) is 58.9 Å². The van der Waals surface area contributed by atoms with Gasteiger partial charge in [-0.1, -0.05) is 41.2 Å². The number of rotatable bonds is 5. The van der Waals surface area contributed by atoms with Gasteiger partial charge in [-0.3, -0.25) is 4.98 Å². The normalized spacial score (nSPS) is 16.5. The molecule has 1 fully saturated rings. The molecule has 1 aliphatic heterocycles. The molecule has 0 saturated carbocycles. The van der Waals surface area contributed by atoms with Crippen molar-refractivity contribution in [1.29, 1.82) is 0 Å². The van der Waals surface area contributed by atoms with E-state index in [4.69, 9.17) is 5.11 Å². The molecule has 1 saturated heterocycles. The van der Waals surface area contributed by atoms with E-state index >= 15 is 0 Å². The third-order valence-electron chi connectivity index (χ3n) is 4.58. The van der Waals surface area contributed by atoms with Gasteiger partial charge in [0.25, 0.3) is 0 Å². The van der Waals surface area contributed by atoms with Crippen molar-refractivity contribution in [1.82, 2.24) is 15.0 Å². The highest BCUT2D eigenvalue weighted by molar-refractivity contribution is 7.17. The smallest absolute Gasteiger partial charge is 0.347 e. The summed E-state index contributed by atoms with van der Waals surface area (Å²) in [5.74, 6) is 0.366. The Bertz CT molecular complexity index is 957. The van der Waals surface area contributed by atoms with Crippen LogP contribution in [0, 0.1) is 6.92 Å². The van der Waals surface area contributed by atoms with Crippen molar-refractivity contribution in [3.8, 4) is 0 Å². The fourth-order valence-corrected chi connectivity index (χ4v) is 3.93. The third-order valence-corrected chi connectivity index (χ3v) is 5.48. The number of aromatic carboxylic acids is 1. The largest absolute Gasteiger partial charge is 0.477 e. The van der Waals surface area contributed by atoms with E-state index in [-0.39, 0.29) is 10.9 Å². The molecule has 0 bridgehead atoms. The van der Waals surface area contributed by atoms with E-state index in [1.54, 1.807) is 12.4 Å². The molecule has 0 aliphatic carbocycles. The van der Waals surface area contributed by atoms with Gasteiger partial charge in [0.2, 0.25) is 0 Å².